The Morgan fingerprint density at radius 3 is 2.75 bits per heavy atom. The zero-order valence-corrected chi connectivity index (χ0v) is 9.95. The number of nitrogens with zero attached hydrogens (tertiary/aromatic N) is 3. The summed E-state index contributed by atoms with van der Waals surface area (Å²) in [6.45, 7) is 0. The lowest BCUT2D eigenvalue weighted by atomic mass is 10.2. The number of anilines is 1. The molecule has 0 amide bonds. The topological polar surface area (TPSA) is 29.0 Å². The van der Waals surface area contributed by atoms with Crippen LogP contribution in [-0.4, -0.2) is 24.1 Å². The van der Waals surface area contributed by atoms with E-state index in [1.165, 1.54) is 10.1 Å². The van der Waals surface area contributed by atoms with Crippen molar-refractivity contribution in [2.24, 2.45) is 0 Å². The van der Waals surface area contributed by atoms with E-state index in [1.54, 1.807) is 17.7 Å². The maximum Gasteiger partial charge on any atom is 0.149 e. The van der Waals surface area contributed by atoms with E-state index < -0.39 is 0 Å². The molecule has 0 atom stereocenters. The Bertz CT molecular complexity index is 657. The SMILES string of the molecule is CN(C)c1ncnc2c1sc1ccccc12. The average Bonchev–Trinajstić information content (AvgIpc) is 2.67. The molecule has 2 aromatic heterocycles. The first-order chi connectivity index (χ1) is 7.77. The van der Waals surface area contributed by atoms with E-state index >= 15 is 0 Å². The molecule has 80 valence electrons. The van der Waals surface area contributed by atoms with E-state index in [2.05, 4.69) is 28.2 Å². The highest BCUT2D eigenvalue weighted by Crippen LogP contribution is 2.36. The first-order valence-corrected chi connectivity index (χ1v) is 5.88. The minimum Gasteiger partial charge on any atom is -0.361 e. The molecular formula is C12H11N3S. The Balaban J connectivity index is 2.49. The summed E-state index contributed by atoms with van der Waals surface area (Å²) in [7, 11) is 4.01. The van der Waals surface area contributed by atoms with Crippen molar-refractivity contribution < 1.29 is 0 Å². The van der Waals surface area contributed by atoms with Gasteiger partial charge < -0.3 is 4.90 Å². The zero-order chi connectivity index (χ0) is 11.1. The van der Waals surface area contributed by atoms with Gasteiger partial charge in [0.1, 0.15) is 12.1 Å². The van der Waals surface area contributed by atoms with E-state index in [1.807, 2.05) is 25.1 Å². The Kier molecular flexibility index (Phi) is 2.04. The van der Waals surface area contributed by atoms with Crippen molar-refractivity contribution >= 4 is 37.5 Å². The molecule has 0 aliphatic rings. The molecule has 0 aliphatic carbocycles. The van der Waals surface area contributed by atoms with Gasteiger partial charge in [-0.3, -0.25) is 0 Å². The monoisotopic (exact) mass is 229 g/mol. The fourth-order valence-corrected chi connectivity index (χ4v) is 3.06. The van der Waals surface area contributed by atoms with Crippen LogP contribution < -0.4 is 4.90 Å². The number of rotatable bonds is 1. The third kappa shape index (κ3) is 1.27. The smallest absolute Gasteiger partial charge is 0.149 e. The predicted molar refractivity (Wildman–Crippen MR) is 69.2 cm³/mol. The second-order valence-corrected chi connectivity index (χ2v) is 4.92. The third-order valence-electron chi connectivity index (χ3n) is 2.56. The fraction of sp³-hybridized carbons (Fsp3) is 0.167. The predicted octanol–water partition coefficient (Wildman–Crippen LogP) is 2.91. The first-order valence-electron chi connectivity index (χ1n) is 5.07. The molecule has 1 aromatic carbocycles. The summed E-state index contributed by atoms with van der Waals surface area (Å²) in [5.41, 5.74) is 1.05. The highest BCUT2D eigenvalue weighted by atomic mass is 32.1. The van der Waals surface area contributed by atoms with Crippen molar-refractivity contribution in [3.8, 4) is 0 Å². The minimum absolute atomic E-state index is 0.992. The van der Waals surface area contributed by atoms with Crippen molar-refractivity contribution in [1.29, 1.82) is 0 Å². The van der Waals surface area contributed by atoms with Crippen LogP contribution in [0.4, 0.5) is 5.82 Å². The molecular weight excluding hydrogens is 218 g/mol. The van der Waals surface area contributed by atoms with Crippen LogP contribution in [0.3, 0.4) is 0 Å². The summed E-state index contributed by atoms with van der Waals surface area (Å²) >= 11 is 1.75. The van der Waals surface area contributed by atoms with Crippen LogP contribution >= 0.6 is 11.3 Å². The summed E-state index contributed by atoms with van der Waals surface area (Å²) in [6, 6.07) is 8.34. The molecule has 0 fully saturated rings. The number of fused-ring (bicyclic) bond motifs is 3. The number of thiophene rings is 1. The lowest BCUT2D eigenvalue weighted by molar-refractivity contribution is 1.07. The van der Waals surface area contributed by atoms with Crippen molar-refractivity contribution in [1.82, 2.24) is 9.97 Å². The van der Waals surface area contributed by atoms with Crippen LogP contribution in [-0.2, 0) is 0 Å². The summed E-state index contributed by atoms with van der Waals surface area (Å²) in [6.07, 6.45) is 1.64. The molecule has 0 N–H and O–H groups in total. The van der Waals surface area contributed by atoms with Crippen LogP contribution in [0.25, 0.3) is 20.3 Å². The average molecular weight is 229 g/mol. The molecule has 0 spiro atoms. The van der Waals surface area contributed by atoms with Gasteiger partial charge in [-0.25, -0.2) is 9.97 Å². The molecule has 0 unspecified atom stereocenters. The molecule has 16 heavy (non-hydrogen) atoms. The van der Waals surface area contributed by atoms with Gasteiger partial charge in [0.2, 0.25) is 0 Å². The second kappa shape index (κ2) is 3.42. The second-order valence-electron chi connectivity index (χ2n) is 3.87. The van der Waals surface area contributed by atoms with Crippen LogP contribution in [0.1, 0.15) is 0 Å². The molecule has 2 heterocycles. The summed E-state index contributed by atoms with van der Waals surface area (Å²) < 4.78 is 2.43. The lowest BCUT2D eigenvalue weighted by Crippen LogP contribution is -2.10. The Morgan fingerprint density at radius 2 is 1.94 bits per heavy atom. The maximum atomic E-state index is 4.39. The first kappa shape index (κ1) is 9.54. The van der Waals surface area contributed by atoms with E-state index in [0.29, 0.717) is 0 Å². The number of hydrogen-bond donors (Lipinski definition) is 0. The summed E-state index contributed by atoms with van der Waals surface area (Å²) in [5, 5.41) is 1.22. The van der Waals surface area contributed by atoms with Gasteiger partial charge in [-0.05, 0) is 6.07 Å². The van der Waals surface area contributed by atoms with Gasteiger partial charge in [0.05, 0.1) is 10.2 Å². The minimum atomic E-state index is 0.992. The van der Waals surface area contributed by atoms with Gasteiger partial charge in [-0.1, -0.05) is 18.2 Å². The van der Waals surface area contributed by atoms with Crippen LogP contribution in [0.2, 0.25) is 0 Å². The van der Waals surface area contributed by atoms with Crippen molar-refractivity contribution in [2.75, 3.05) is 19.0 Å². The van der Waals surface area contributed by atoms with Gasteiger partial charge >= 0.3 is 0 Å². The van der Waals surface area contributed by atoms with Crippen LogP contribution in [0.5, 0.6) is 0 Å². The standard InChI is InChI=1S/C12H11N3S/c1-15(2)12-11-10(13-7-14-12)8-5-3-4-6-9(8)16-11/h3-7H,1-2H3. The maximum absolute atomic E-state index is 4.39. The molecule has 0 bridgehead atoms. The van der Waals surface area contributed by atoms with Crippen LogP contribution in [0, 0.1) is 0 Å². The van der Waals surface area contributed by atoms with Crippen molar-refractivity contribution in [3.05, 3.63) is 30.6 Å². The van der Waals surface area contributed by atoms with E-state index in [0.717, 1.165) is 16.0 Å². The van der Waals surface area contributed by atoms with Crippen LogP contribution in [0.15, 0.2) is 30.6 Å². The Morgan fingerprint density at radius 1 is 1.12 bits per heavy atom. The van der Waals surface area contributed by atoms with Gasteiger partial charge in [0, 0.05) is 24.2 Å². The van der Waals surface area contributed by atoms with Crippen molar-refractivity contribution in [3.63, 3.8) is 0 Å². The van der Waals surface area contributed by atoms with Gasteiger partial charge in [0.15, 0.2) is 0 Å². The third-order valence-corrected chi connectivity index (χ3v) is 3.72. The zero-order valence-electron chi connectivity index (χ0n) is 9.14. The summed E-state index contributed by atoms with van der Waals surface area (Å²) in [4.78, 5) is 10.7. The lowest BCUT2D eigenvalue weighted by Gasteiger charge is -2.10. The molecule has 3 nitrogen and oxygen atoms in total. The van der Waals surface area contributed by atoms with E-state index in [-0.39, 0.29) is 0 Å². The molecule has 0 aliphatic heterocycles. The molecule has 0 saturated heterocycles. The van der Waals surface area contributed by atoms with E-state index in [4.69, 9.17) is 0 Å². The Hall–Kier alpha value is -1.68. The molecule has 4 heteroatoms. The largest absolute Gasteiger partial charge is 0.361 e. The normalized spacial score (nSPS) is 11.1. The number of hydrogen-bond acceptors (Lipinski definition) is 4. The molecule has 0 saturated carbocycles. The van der Waals surface area contributed by atoms with Crippen molar-refractivity contribution in [2.45, 2.75) is 0 Å². The van der Waals surface area contributed by atoms with Gasteiger partial charge in [-0.2, -0.15) is 0 Å². The van der Waals surface area contributed by atoms with E-state index in [9.17, 15) is 0 Å². The quantitative estimate of drug-likeness (QED) is 0.642. The fourth-order valence-electron chi connectivity index (χ4n) is 1.83. The van der Waals surface area contributed by atoms with Gasteiger partial charge in [0.25, 0.3) is 0 Å². The summed E-state index contributed by atoms with van der Waals surface area (Å²) in [5.74, 6) is 0.992. The number of aromatic nitrogens is 2. The molecule has 0 radical (unpaired) electrons. The number of benzene rings is 1. The highest BCUT2D eigenvalue weighted by molar-refractivity contribution is 7.26. The highest BCUT2D eigenvalue weighted by Gasteiger charge is 2.11. The van der Waals surface area contributed by atoms with Gasteiger partial charge in [-0.15, -0.1) is 11.3 Å². The molecule has 3 rings (SSSR count). The molecule has 3 aromatic rings. The Labute approximate surface area is 97.4 Å².